The predicted molar refractivity (Wildman–Crippen MR) is 118 cm³/mol. The molecule has 2 aromatic carbocycles. The van der Waals surface area contributed by atoms with E-state index in [1.165, 1.54) is 12.8 Å². The Morgan fingerprint density at radius 2 is 1.62 bits per heavy atom. The van der Waals surface area contributed by atoms with Gasteiger partial charge in [0.05, 0.1) is 19.6 Å². The Labute approximate surface area is 172 Å². The summed E-state index contributed by atoms with van der Waals surface area (Å²) in [7, 11) is 3.33. The molecule has 0 unspecified atom stereocenters. The van der Waals surface area contributed by atoms with E-state index in [2.05, 4.69) is 25.1 Å². The number of methoxy groups -OCH3 is 2. The van der Waals surface area contributed by atoms with Gasteiger partial charge in [-0.3, -0.25) is 0 Å². The van der Waals surface area contributed by atoms with Crippen LogP contribution in [0.1, 0.15) is 54.0 Å². The molecular formula is C25H30O4. The second kappa shape index (κ2) is 9.17. The zero-order valence-electron chi connectivity index (χ0n) is 18.1. The molecule has 4 heteroatoms. The van der Waals surface area contributed by atoms with E-state index in [0.717, 1.165) is 52.0 Å². The van der Waals surface area contributed by atoms with Gasteiger partial charge < -0.3 is 13.9 Å². The molecule has 0 aliphatic heterocycles. The minimum absolute atomic E-state index is 0.295. The van der Waals surface area contributed by atoms with Crippen LogP contribution in [0.15, 0.2) is 39.5 Å². The van der Waals surface area contributed by atoms with Gasteiger partial charge in [-0.25, -0.2) is 4.79 Å². The summed E-state index contributed by atoms with van der Waals surface area (Å²) in [5, 5.41) is 0.836. The Morgan fingerprint density at radius 3 is 2.24 bits per heavy atom. The van der Waals surface area contributed by atoms with Crippen LogP contribution in [0.2, 0.25) is 0 Å². The van der Waals surface area contributed by atoms with Gasteiger partial charge in [0.2, 0.25) is 0 Å². The lowest BCUT2D eigenvalue weighted by molar-refractivity contribution is 0.408. The quantitative estimate of drug-likeness (QED) is 0.360. The van der Waals surface area contributed by atoms with Crippen molar-refractivity contribution in [2.45, 2.75) is 52.9 Å². The fraction of sp³-hybridized carbons (Fsp3) is 0.400. The maximum absolute atomic E-state index is 12.7. The molecule has 29 heavy (non-hydrogen) atoms. The molecule has 0 aliphatic rings. The fourth-order valence-electron chi connectivity index (χ4n) is 3.98. The molecule has 3 rings (SSSR count). The van der Waals surface area contributed by atoms with Gasteiger partial charge >= 0.3 is 5.63 Å². The van der Waals surface area contributed by atoms with Gasteiger partial charge in [-0.05, 0) is 67.1 Å². The number of aryl methyl sites for hydroxylation is 3. The Morgan fingerprint density at radius 1 is 0.897 bits per heavy atom. The Bertz CT molecular complexity index is 1040. The summed E-state index contributed by atoms with van der Waals surface area (Å²) < 4.78 is 16.8. The monoisotopic (exact) mass is 394 g/mol. The topological polar surface area (TPSA) is 48.7 Å². The molecule has 0 spiro atoms. The predicted octanol–water partition coefficient (Wildman–Crippen LogP) is 5.75. The van der Waals surface area contributed by atoms with Crippen molar-refractivity contribution >= 4 is 11.0 Å². The summed E-state index contributed by atoms with van der Waals surface area (Å²) >= 11 is 0. The Balaban J connectivity index is 1.99. The summed E-state index contributed by atoms with van der Waals surface area (Å²) in [6.45, 7) is 6.22. The number of ether oxygens (including phenoxy) is 2. The van der Waals surface area contributed by atoms with Gasteiger partial charge in [0.15, 0.2) is 0 Å². The number of unbranched alkanes of at least 4 members (excludes halogenated alkanes) is 2. The third kappa shape index (κ3) is 4.64. The number of fused-ring (bicyclic) bond motifs is 1. The first kappa shape index (κ1) is 21.0. The molecule has 0 radical (unpaired) electrons. The van der Waals surface area contributed by atoms with E-state index in [1.54, 1.807) is 14.2 Å². The second-order valence-electron chi connectivity index (χ2n) is 7.67. The fourth-order valence-corrected chi connectivity index (χ4v) is 3.98. The van der Waals surface area contributed by atoms with E-state index >= 15 is 0 Å². The van der Waals surface area contributed by atoms with Crippen molar-refractivity contribution in [2.75, 3.05) is 14.2 Å². The molecule has 1 aromatic heterocycles. The van der Waals surface area contributed by atoms with E-state index in [1.807, 2.05) is 26.0 Å². The molecule has 154 valence electrons. The van der Waals surface area contributed by atoms with Crippen LogP contribution in [0.3, 0.4) is 0 Å². The van der Waals surface area contributed by atoms with Crippen molar-refractivity contribution in [3.05, 3.63) is 68.6 Å². The van der Waals surface area contributed by atoms with E-state index in [0.29, 0.717) is 17.6 Å². The summed E-state index contributed by atoms with van der Waals surface area (Å²) in [5.74, 6) is 1.64. The molecule has 0 amide bonds. The van der Waals surface area contributed by atoms with Crippen molar-refractivity contribution in [3.63, 3.8) is 0 Å². The molecule has 0 fully saturated rings. The van der Waals surface area contributed by atoms with Gasteiger partial charge in [-0.2, -0.15) is 0 Å². The number of rotatable bonds is 8. The van der Waals surface area contributed by atoms with Gasteiger partial charge in [0.1, 0.15) is 17.1 Å². The van der Waals surface area contributed by atoms with Crippen molar-refractivity contribution in [1.82, 2.24) is 0 Å². The van der Waals surface area contributed by atoms with Crippen molar-refractivity contribution in [3.8, 4) is 11.5 Å². The van der Waals surface area contributed by atoms with E-state index < -0.39 is 0 Å². The first-order valence-electron chi connectivity index (χ1n) is 10.2. The lowest BCUT2D eigenvalue weighted by atomic mass is 9.99. The lowest BCUT2D eigenvalue weighted by Crippen LogP contribution is -2.09. The molecule has 0 atom stereocenters. The molecule has 0 saturated carbocycles. The van der Waals surface area contributed by atoms with Crippen LogP contribution in [0.25, 0.3) is 11.0 Å². The average molecular weight is 395 g/mol. The van der Waals surface area contributed by atoms with Crippen LogP contribution in [0.4, 0.5) is 0 Å². The molecule has 0 aliphatic carbocycles. The minimum Gasteiger partial charge on any atom is -0.496 e. The number of hydrogen-bond donors (Lipinski definition) is 0. The zero-order valence-corrected chi connectivity index (χ0v) is 18.1. The molecule has 1 heterocycles. The third-order valence-corrected chi connectivity index (χ3v) is 5.36. The van der Waals surface area contributed by atoms with Crippen LogP contribution in [0, 0.1) is 13.8 Å². The number of hydrogen-bond acceptors (Lipinski definition) is 4. The van der Waals surface area contributed by atoms with Gasteiger partial charge in [-0.1, -0.05) is 31.9 Å². The Hall–Kier alpha value is -2.75. The highest BCUT2D eigenvalue weighted by molar-refractivity contribution is 5.84. The smallest absolute Gasteiger partial charge is 0.339 e. The number of benzene rings is 2. The van der Waals surface area contributed by atoms with Gasteiger partial charge in [-0.15, -0.1) is 0 Å². The molecule has 3 aromatic rings. The first-order chi connectivity index (χ1) is 14.0. The summed E-state index contributed by atoms with van der Waals surface area (Å²) in [6, 6.07) is 10.1. The van der Waals surface area contributed by atoms with Crippen LogP contribution >= 0.6 is 0 Å². The van der Waals surface area contributed by atoms with Crippen molar-refractivity contribution in [2.24, 2.45) is 0 Å². The Kier molecular flexibility index (Phi) is 6.63. The minimum atomic E-state index is -0.295. The SMILES string of the molecule is CCCCCc1cc(OC)c2cc(Cc3cc(C)c(OC)c(C)c3)c(=O)oc2c1. The normalized spacial score (nSPS) is 11.1. The van der Waals surface area contributed by atoms with Crippen LogP contribution in [-0.2, 0) is 12.8 Å². The van der Waals surface area contributed by atoms with E-state index in [-0.39, 0.29) is 5.63 Å². The maximum Gasteiger partial charge on any atom is 0.339 e. The summed E-state index contributed by atoms with van der Waals surface area (Å²) in [6.07, 6.45) is 4.93. The van der Waals surface area contributed by atoms with E-state index in [9.17, 15) is 4.79 Å². The first-order valence-corrected chi connectivity index (χ1v) is 10.2. The maximum atomic E-state index is 12.7. The van der Waals surface area contributed by atoms with Gasteiger partial charge in [0.25, 0.3) is 0 Å². The van der Waals surface area contributed by atoms with E-state index in [4.69, 9.17) is 13.9 Å². The largest absolute Gasteiger partial charge is 0.496 e. The summed E-state index contributed by atoms with van der Waals surface area (Å²) in [5.41, 5.74) is 5.23. The molecule has 4 nitrogen and oxygen atoms in total. The molecular weight excluding hydrogens is 364 g/mol. The summed E-state index contributed by atoms with van der Waals surface area (Å²) in [4.78, 5) is 12.7. The van der Waals surface area contributed by atoms with Crippen molar-refractivity contribution in [1.29, 1.82) is 0 Å². The zero-order chi connectivity index (χ0) is 21.0. The highest BCUT2D eigenvalue weighted by Gasteiger charge is 2.13. The second-order valence-corrected chi connectivity index (χ2v) is 7.67. The lowest BCUT2D eigenvalue weighted by Gasteiger charge is -2.12. The highest BCUT2D eigenvalue weighted by Crippen LogP contribution is 2.30. The van der Waals surface area contributed by atoms with Crippen LogP contribution in [-0.4, -0.2) is 14.2 Å². The van der Waals surface area contributed by atoms with Crippen LogP contribution < -0.4 is 15.1 Å². The van der Waals surface area contributed by atoms with Crippen molar-refractivity contribution < 1.29 is 13.9 Å². The molecule has 0 N–H and O–H groups in total. The standard InChI is InChI=1S/C25H30O4/c1-6-7-8-9-18-13-22(27-4)21-15-20(25(26)29-23(21)14-18)12-19-10-16(2)24(28-5)17(3)11-19/h10-11,13-15H,6-9,12H2,1-5H3. The van der Waals surface area contributed by atoms with Crippen LogP contribution in [0.5, 0.6) is 11.5 Å². The van der Waals surface area contributed by atoms with Gasteiger partial charge in [0, 0.05) is 12.0 Å². The highest BCUT2D eigenvalue weighted by atomic mass is 16.5. The third-order valence-electron chi connectivity index (χ3n) is 5.36. The molecule has 0 bridgehead atoms. The molecule has 0 saturated heterocycles. The average Bonchev–Trinajstić information content (AvgIpc) is 2.68.